The number of hydrogen-bond donors (Lipinski definition) is 1. The summed E-state index contributed by atoms with van der Waals surface area (Å²) >= 11 is 0. The van der Waals surface area contributed by atoms with E-state index in [1.54, 1.807) is 0 Å². The summed E-state index contributed by atoms with van der Waals surface area (Å²) in [6, 6.07) is 8.36. The molecule has 1 aliphatic rings. The summed E-state index contributed by atoms with van der Waals surface area (Å²) in [5.74, 6) is 0. The van der Waals surface area contributed by atoms with Crippen LogP contribution in [-0.2, 0) is 22.3 Å². The SMILES string of the molecule is OCCc1ccc(CCOC2CCCCO2)cc1. The number of aliphatic hydroxyl groups is 1. The molecule has 3 nitrogen and oxygen atoms in total. The van der Waals surface area contributed by atoms with Crippen LogP contribution in [0.2, 0.25) is 0 Å². The molecule has 0 saturated carbocycles. The predicted molar refractivity (Wildman–Crippen MR) is 70.5 cm³/mol. The zero-order valence-electron chi connectivity index (χ0n) is 10.8. The Morgan fingerprint density at radius 1 is 1.11 bits per heavy atom. The van der Waals surface area contributed by atoms with E-state index in [-0.39, 0.29) is 12.9 Å². The highest BCUT2D eigenvalue weighted by Gasteiger charge is 2.13. The van der Waals surface area contributed by atoms with E-state index >= 15 is 0 Å². The summed E-state index contributed by atoms with van der Waals surface area (Å²) in [6.45, 7) is 1.76. The van der Waals surface area contributed by atoms with Crippen LogP contribution in [0, 0.1) is 0 Å². The van der Waals surface area contributed by atoms with E-state index in [0.29, 0.717) is 6.61 Å². The molecular weight excluding hydrogens is 228 g/mol. The Balaban J connectivity index is 1.69. The Kier molecular flexibility index (Phi) is 5.65. The van der Waals surface area contributed by atoms with Crippen molar-refractivity contribution in [2.75, 3.05) is 19.8 Å². The molecule has 0 aromatic heterocycles. The summed E-state index contributed by atoms with van der Waals surface area (Å²) in [5.41, 5.74) is 2.45. The minimum absolute atomic E-state index is 0.00686. The van der Waals surface area contributed by atoms with Gasteiger partial charge in [0.1, 0.15) is 0 Å². The van der Waals surface area contributed by atoms with Gasteiger partial charge in [-0.25, -0.2) is 0 Å². The molecule has 0 radical (unpaired) electrons. The van der Waals surface area contributed by atoms with Gasteiger partial charge in [0.15, 0.2) is 6.29 Å². The molecule has 1 aliphatic heterocycles. The Morgan fingerprint density at radius 2 is 1.83 bits per heavy atom. The number of rotatable bonds is 6. The van der Waals surface area contributed by atoms with Gasteiger partial charge in [0.05, 0.1) is 6.61 Å². The Hall–Kier alpha value is -0.900. The van der Waals surface area contributed by atoms with Crippen LogP contribution in [0.1, 0.15) is 30.4 Å². The lowest BCUT2D eigenvalue weighted by molar-refractivity contribution is -0.161. The molecule has 1 saturated heterocycles. The maximum atomic E-state index is 8.84. The summed E-state index contributed by atoms with van der Waals surface area (Å²) < 4.78 is 11.2. The van der Waals surface area contributed by atoms with Gasteiger partial charge in [-0.2, -0.15) is 0 Å². The van der Waals surface area contributed by atoms with Gasteiger partial charge in [-0.15, -0.1) is 0 Å². The molecule has 18 heavy (non-hydrogen) atoms. The van der Waals surface area contributed by atoms with Crippen LogP contribution < -0.4 is 0 Å². The molecule has 1 fully saturated rings. The average molecular weight is 250 g/mol. The summed E-state index contributed by atoms with van der Waals surface area (Å²) in [6.07, 6.45) is 5.04. The van der Waals surface area contributed by atoms with E-state index in [2.05, 4.69) is 24.3 Å². The van der Waals surface area contributed by atoms with Gasteiger partial charge in [-0.3, -0.25) is 0 Å². The van der Waals surface area contributed by atoms with Gasteiger partial charge in [0, 0.05) is 13.2 Å². The van der Waals surface area contributed by atoms with Gasteiger partial charge in [0.2, 0.25) is 0 Å². The lowest BCUT2D eigenvalue weighted by atomic mass is 10.1. The van der Waals surface area contributed by atoms with Gasteiger partial charge < -0.3 is 14.6 Å². The maximum absolute atomic E-state index is 8.84. The molecule has 2 rings (SSSR count). The zero-order valence-corrected chi connectivity index (χ0v) is 10.8. The van der Waals surface area contributed by atoms with E-state index in [4.69, 9.17) is 14.6 Å². The van der Waals surface area contributed by atoms with Crippen molar-refractivity contribution in [1.29, 1.82) is 0 Å². The van der Waals surface area contributed by atoms with E-state index in [1.807, 2.05) is 0 Å². The van der Waals surface area contributed by atoms with Crippen molar-refractivity contribution >= 4 is 0 Å². The molecule has 0 spiro atoms. The minimum Gasteiger partial charge on any atom is -0.396 e. The van der Waals surface area contributed by atoms with Crippen molar-refractivity contribution in [2.45, 2.75) is 38.4 Å². The second kappa shape index (κ2) is 7.52. The number of ether oxygens (including phenoxy) is 2. The number of aliphatic hydroxyl groups excluding tert-OH is 1. The fraction of sp³-hybridized carbons (Fsp3) is 0.600. The summed E-state index contributed by atoms with van der Waals surface area (Å²) in [5, 5.41) is 8.84. The van der Waals surface area contributed by atoms with Gasteiger partial charge in [-0.05, 0) is 43.2 Å². The quantitative estimate of drug-likeness (QED) is 0.842. The molecule has 0 amide bonds. The molecule has 100 valence electrons. The second-order valence-electron chi connectivity index (χ2n) is 4.71. The van der Waals surface area contributed by atoms with Crippen LogP contribution in [0.15, 0.2) is 24.3 Å². The largest absolute Gasteiger partial charge is 0.396 e. The topological polar surface area (TPSA) is 38.7 Å². The average Bonchev–Trinajstić information content (AvgIpc) is 2.42. The van der Waals surface area contributed by atoms with E-state index in [9.17, 15) is 0 Å². The third-order valence-electron chi connectivity index (χ3n) is 3.26. The summed E-state index contributed by atoms with van der Waals surface area (Å²) in [4.78, 5) is 0. The highest BCUT2D eigenvalue weighted by Crippen LogP contribution is 2.14. The summed E-state index contributed by atoms with van der Waals surface area (Å²) in [7, 11) is 0. The standard InChI is InChI=1S/C15H22O3/c16-10-8-13-4-6-14(7-5-13)9-12-18-15-3-1-2-11-17-15/h4-7,15-16H,1-3,8-12H2. The van der Waals surface area contributed by atoms with Crippen molar-refractivity contribution in [1.82, 2.24) is 0 Å². The molecule has 1 heterocycles. The first kappa shape index (κ1) is 13.5. The first-order chi connectivity index (χ1) is 8.88. The third-order valence-corrected chi connectivity index (χ3v) is 3.26. The van der Waals surface area contributed by atoms with E-state index < -0.39 is 0 Å². The van der Waals surface area contributed by atoms with Crippen LogP contribution in [0.3, 0.4) is 0 Å². The lowest BCUT2D eigenvalue weighted by Gasteiger charge is -2.22. The fourth-order valence-corrected chi connectivity index (χ4v) is 2.15. The smallest absolute Gasteiger partial charge is 0.157 e. The highest BCUT2D eigenvalue weighted by molar-refractivity contribution is 5.22. The minimum atomic E-state index is 0.00686. The fourth-order valence-electron chi connectivity index (χ4n) is 2.15. The molecule has 1 N–H and O–H groups in total. The highest BCUT2D eigenvalue weighted by atomic mass is 16.7. The van der Waals surface area contributed by atoms with Crippen LogP contribution in [0.4, 0.5) is 0 Å². The van der Waals surface area contributed by atoms with Crippen molar-refractivity contribution < 1.29 is 14.6 Å². The van der Waals surface area contributed by atoms with E-state index in [1.165, 1.54) is 17.5 Å². The van der Waals surface area contributed by atoms with Crippen LogP contribution in [-0.4, -0.2) is 31.2 Å². The molecule has 0 bridgehead atoms. The Labute approximate surface area is 109 Å². The Bertz CT molecular complexity index is 328. The normalized spacial score (nSPS) is 19.9. The van der Waals surface area contributed by atoms with Crippen molar-refractivity contribution in [2.24, 2.45) is 0 Å². The maximum Gasteiger partial charge on any atom is 0.157 e. The molecule has 3 heteroatoms. The van der Waals surface area contributed by atoms with Gasteiger partial charge in [-0.1, -0.05) is 24.3 Å². The predicted octanol–water partition coefficient (Wildman–Crippen LogP) is 2.31. The lowest BCUT2D eigenvalue weighted by Crippen LogP contribution is -2.23. The molecule has 1 aromatic rings. The molecule has 0 aliphatic carbocycles. The van der Waals surface area contributed by atoms with Gasteiger partial charge in [0.25, 0.3) is 0 Å². The van der Waals surface area contributed by atoms with Crippen LogP contribution in [0.5, 0.6) is 0 Å². The third kappa shape index (κ3) is 4.41. The second-order valence-corrected chi connectivity index (χ2v) is 4.71. The monoisotopic (exact) mass is 250 g/mol. The number of hydrogen-bond acceptors (Lipinski definition) is 3. The van der Waals surface area contributed by atoms with Gasteiger partial charge >= 0.3 is 0 Å². The van der Waals surface area contributed by atoms with Crippen molar-refractivity contribution in [3.8, 4) is 0 Å². The van der Waals surface area contributed by atoms with Crippen LogP contribution in [0.25, 0.3) is 0 Å². The van der Waals surface area contributed by atoms with Crippen molar-refractivity contribution in [3.05, 3.63) is 35.4 Å². The molecular formula is C15H22O3. The first-order valence-corrected chi connectivity index (χ1v) is 6.80. The number of benzene rings is 1. The Morgan fingerprint density at radius 3 is 2.44 bits per heavy atom. The molecule has 1 aromatic carbocycles. The first-order valence-electron chi connectivity index (χ1n) is 6.80. The zero-order chi connectivity index (χ0) is 12.6. The van der Waals surface area contributed by atoms with Crippen LogP contribution >= 0.6 is 0 Å². The van der Waals surface area contributed by atoms with E-state index in [0.717, 1.165) is 32.3 Å². The molecule has 1 atom stereocenters. The molecule has 1 unspecified atom stereocenters. The van der Waals surface area contributed by atoms with Crippen molar-refractivity contribution in [3.63, 3.8) is 0 Å².